The zero-order valence-electron chi connectivity index (χ0n) is 12.0. The van der Waals surface area contributed by atoms with E-state index in [0.717, 1.165) is 17.2 Å². The average molecular weight is 285 g/mol. The first-order valence-electron chi connectivity index (χ1n) is 7.25. The van der Waals surface area contributed by atoms with Gasteiger partial charge >= 0.3 is 0 Å². The molecule has 0 aromatic heterocycles. The molecule has 0 bridgehead atoms. The van der Waals surface area contributed by atoms with Crippen LogP contribution in [-0.4, -0.2) is 40.2 Å². The van der Waals surface area contributed by atoms with E-state index in [1.165, 1.54) is 0 Å². The molecule has 2 aromatic rings. The minimum Gasteiger partial charge on any atom is -0.507 e. The predicted octanol–water partition coefficient (Wildman–Crippen LogP) is 2.39. The molecule has 0 aliphatic carbocycles. The number of carbonyl (C=O) groups is 1. The highest BCUT2D eigenvalue weighted by Crippen LogP contribution is 2.27. The monoisotopic (exact) mass is 285 g/mol. The van der Waals surface area contributed by atoms with Gasteiger partial charge in [-0.15, -0.1) is 0 Å². The van der Waals surface area contributed by atoms with E-state index in [1.54, 1.807) is 17.0 Å². The van der Waals surface area contributed by atoms with Crippen molar-refractivity contribution in [3.05, 3.63) is 42.0 Å². The number of likely N-dealkylation sites (tertiary alicyclic amines) is 1. The summed E-state index contributed by atoms with van der Waals surface area (Å²) in [6.07, 6.45) is 0.284. The van der Waals surface area contributed by atoms with Crippen LogP contribution in [0.1, 0.15) is 23.7 Å². The number of nitrogens with zero attached hydrogens (tertiary/aromatic N) is 1. The topological polar surface area (TPSA) is 60.8 Å². The van der Waals surface area contributed by atoms with E-state index in [4.69, 9.17) is 0 Å². The Balaban J connectivity index is 1.92. The largest absolute Gasteiger partial charge is 0.507 e. The molecular formula is C17H19NO3. The molecule has 2 aromatic carbocycles. The van der Waals surface area contributed by atoms with Crippen molar-refractivity contribution in [3.63, 3.8) is 0 Å². The number of fused-ring (bicyclic) bond motifs is 1. The third-order valence-electron chi connectivity index (χ3n) is 4.30. The van der Waals surface area contributed by atoms with Gasteiger partial charge in [0.1, 0.15) is 5.75 Å². The van der Waals surface area contributed by atoms with E-state index in [9.17, 15) is 15.0 Å². The number of benzene rings is 2. The van der Waals surface area contributed by atoms with Crippen LogP contribution in [0.15, 0.2) is 36.4 Å². The first kappa shape index (κ1) is 13.9. The maximum atomic E-state index is 12.6. The summed E-state index contributed by atoms with van der Waals surface area (Å²) in [5.74, 6) is -0.0183. The van der Waals surface area contributed by atoms with Crippen LogP contribution in [0, 0.1) is 5.92 Å². The quantitative estimate of drug-likeness (QED) is 0.845. The summed E-state index contributed by atoms with van der Waals surface area (Å²) < 4.78 is 0. The summed E-state index contributed by atoms with van der Waals surface area (Å²) in [5, 5.41) is 21.9. The summed E-state index contributed by atoms with van der Waals surface area (Å²) in [4.78, 5) is 14.2. The average Bonchev–Trinajstić information content (AvgIpc) is 2.48. The van der Waals surface area contributed by atoms with E-state index in [1.807, 2.05) is 31.2 Å². The van der Waals surface area contributed by atoms with Gasteiger partial charge in [0.25, 0.3) is 5.91 Å². The molecule has 0 radical (unpaired) electrons. The number of phenols is 1. The lowest BCUT2D eigenvalue weighted by Crippen LogP contribution is -2.45. The number of amides is 1. The van der Waals surface area contributed by atoms with Gasteiger partial charge in [0.2, 0.25) is 0 Å². The van der Waals surface area contributed by atoms with E-state index in [0.29, 0.717) is 18.7 Å². The Labute approximate surface area is 123 Å². The number of β-amino-alcohol motifs (C(OH)–C–C–N with tert-alkyl or cyclic N) is 1. The van der Waals surface area contributed by atoms with Crippen LogP contribution < -0.4 is 0 Å². The van der Waals surface area contributed by atoms with Gasteiger partial charge in [-0.3, -0.25) is 4.79 Å². The predicted molar refractivity (Wildman–Crippen MR) is 81.3 cm³/mol. The Hall–Kier alpha value is -2.07. The van der Waals surface area contributed by atoms with E-state index in [-0.39, 0.29) is 17.6 Å². The fourth-order valence-electron chi connectivity index (χ4n) is 2.80. The molecule has 1 heterocycles. The summed E-state index contributed by atoms with van der Waals surface area (Å²) in [6, 6.07) is 10.9. The van der Waals surface area contributed by atoms with Gasteiger partial charge in [-0.2, -0.15) is 0 Å². The van der Waals surface area contributed by atoms with Crippen LogP contribution in [0.2, 0.25) is 0 Å². The van der Waals surface area contributed by atoms with Crippen LogP contribution in [0.4, 0.5) is 0 Å². The van der Waals surface area contributed by atoms with E-state index < -0.39 is 6.10 Å². The Bertz CT molecular complexity index is 683. The van der Waals surface area contributed by atoms with E-state index >= 15 is 0 Å². The van der Waals surface area contributed by atoms with Crippen molar-refractivity contribution < 1.29 is 15.0 Å². The Morgan fingerprint density at radius 3 is 2.57 bits per heavy atom. The SMILES string of the molecule is CC1CCN(C(=O)c2cc3ccccc3cc2O)CC1O. The minimum absolute atomic E-state index is 0.00758. The molecule has 1 saturated heterocycles. The molecule has 1 amide bonds. The second-order valence-electron chi connectivity index (χ2n) is 5.80. The fraction of sp³-hybridized carbons (Fsp3) is 0.353. The number of piperidine rings is 1. The van der Waals surface area contributed by atoms with Crippen molar-refractivity contribution >= 4 is 16.7 Å². The van der Waals surface area contributed by atoms with Gasteiger partial charge in [0.15, 0.2) is 0 Å². The lowest BCUT2D eigenvalue weighted by atomic mass is 9.95. The second-order valence-corrected chi connectivity index (χ2v) is 5.80. The molecule has 2 N–H and O–H groups in total. The summed E-state index contributed by atoms with van der Waals surface area (Å²) in [6.45, 7) is 2.93. The number of carbonyl (C=O) groups excluding carboxylic acids is 1. The van der Waals surface area contributed by atoms with Crippen molar-refractivity contribution in [3.8, 4) is 5.75 Å². The number of aliphatic hydroxyl groups is 1. The number of aromatic hydroxyl groups is 1. The molecule has 21 heavy (non-hydrogen) atoms. The Morgan fingerprint density at radius 2 is 1.90 bits per heavy atom. The maximum absolute atomic E-state index is 12.6. The molecule has 0 spiro atoms. The van der Waals surface area contributed by atoms with Gasteiger partial charge in [0, 0.05) is 13.1 Å². The maximum Gasteiger partial charge on any atom is 0.257 e. The van der Waals surface area contributed by atoms with Crippen molar-refractivity contribution in [2.24, 2.45) is 5.92 Å². The van der Waals surface area contributed by atoms with Crippen LogP contribution in [0.3, 0.4) is 0 Å². The van der Waals surface area contributed by atoms with Crippen molar-refractivity contribution in [2.75, 3.05) is 13.1 Å². The molecule has 3 rings (SSSR count). The lowest BCUT2D eigenvalue weighted by molar-refractivity contribution is 0.0247. The summed E-state index contributed by atoms with van der Waals surface area (Å²) in [5.41, 5.74) is 0.301. The zero-order chi connectivity index (χ0) is 15.0. The van der Waals surface area contributed by atoms with Gasteiger partial charge in [0.05, 0.1) is 11.7 Å². The van der Waals surface area contributed by atoms with Crippen molar-refractivity contribution in [1.82, 2.24) is 4.90 Å². The van der Waals surface area contributed by atoms with Gasteiger partial charge in [-0.05, 0) is 35.2 Å². The molecular weight excluding hydrogens is 266 g/mol. The van der Waals surface area contributed by atoms with Crippen LogP contribution >= 0.6 is 0 Å². The standard InChI is InChI=1S/C17H19NO3/c1-11-6-7-18(10-16(11)20)17(21)14-8-12-4-2-3-5-13(12)9-15(14)19/h2-5,8-9,11,16,19-20H,6-7,10H2,1H3. The second kappa shape index (κ2) is 5.37. The molecule has 110 valence electrons. The molecule has 2 unspecified atom stereocenters. The first-order valence-corrected chi connectivity index (χ1v) is 7.25. The number of aliphatic hydroxyl groups excluding tert-OH is 1. The van der Waals surface area contributed by atoms with Crippen LogP contribution in [0.5, 0.6) is 5.75 Å². The van der Waals surface area contributed by atoms with Crippen molar-refractivity contribution in [2.45, 2.75) is 19.4 Å². The number of rotatable bonds is 1. The van der Waals surface area contributed by atoms with Gasteiger partial charge < -0.3 is 15.1 Å². The number of hydrogen-bond acceptors (Lipinski definition) is 3. The molecule has 4 nitrogen and oxygen atoms in total. The Kier molecular flexibility index (Phi) is 3.55. The molecule has 1 fully saturated rings. The van der Waals surface area contributed by atoms with Gasteiger partial charge in [-0.1, -0.05) is 31.2 Å². The normalized spacial score (nSPS) is 22.5. The number of phenolic OH excluding ortho intramolecular Hbond substituents is 1. The smallest absolute Gasteiger partial charge is 0.257 e. The van der Waals surface area contributed by atoms with Crippen LogP contribution in [-0.2, 0) is 0 Å². The van der Waals surface area contributed by atoms with Crippen molar-refractivity contribution in [1.29, 1.82) is 0 Å². The summed E-state index contributed by atoms with van der Waals surface area (Å²) >= 11 is 0. The zero-order valence-corrected chi connectivity index (χ0v) is 12.0. The highest BCUT2D eigenvalue weighted by Gasteiger charge is 2.29. The molecule has 2 atom stereocenters. The first-order chi connectivity index (χ1) is 10.1. The lowest BCUT2D eigenvalue weighted by Gasteiger charge is -2.34. The molecule has 4 heteroatoms. The Morgan fingerprint density at radius 1 is 1.24 bits per heavy atom. The highest BCUT2D eigenvalue weighted by molar-refractivity contribution is 6.01. The third-order valence-corrected chi connectivity index (χ3v) is 4.30. The number of hydrogen-bond donors (Lipinski definition) is 2. The fourth-order valence-corrected chi connectivity index (χ4v) is 2.80. The minimum atomic E-state index is -0.495. The van der Waals surface area contributed by atoms with E-state index in [2.05, 4.69) is 0 Å². The molecule has 0 saturated carbocycles. The highest BCUT2D eigenvalue weighted by atomic mass is 16.3. The van der Waals surface area contributed by atoms with Crippen LogP contribution in [0.25, 0.3) is 10.8 Å². The third kappa shape index (κ3) is 2.59. The summed E-state index contributed by atoms with van der Waals surface area (Å²) in [7, 11) is 0. The van der Waals surface area contributed by atoms with Gasteiger partial charge in [-0.25, -0.2) is 0 Å². The molecule has 1 aliphatic heterocycles. The molecule has 1 aliphatic rings.